The number of carboxylic acid groups (broad SMARTS) is 1. The molecule has 0 bridgehead atoms. The SMILES string of the molecule is NC(=O)c1ccccc1C1(OC(=O)O)CCC2(CC1)CNNN2. The van der Waals surface area contributed by atoms with Crippen molar-refractivity contribution < 1.29 is 19.4 Å². The number of nitrogens with one attached hydrogen (secondary N) is 3. The second-order valence-electron chi connectivity index (χ2n) is 6.16. The second-order valence-corrected chi connectivity index (χ2v) is 6.16. The quantitative estimate of drug-likeness (QED) is 0.516. The number of rotatable bonds is 3. The third-order valence-electron chi connectivity index (χ3n) is 4.82. The zero-order chi connectivity index (χ0) is 16.5. The average molecular weight is 320 g/mol. The molecule has 3 rings (SSSR count). The maximum atomic E-state index is 11.7. The van der Waals surface area contributed by atoms with Crippen molar-refractivity contribution >= 4 is 12.1 Å². The molecule has 1 heterocycles. The summed E-state index contributed by atoms with van der Waals surface area (Å²) in [5.74, 6) is -0.587. The zero-order valence-electron chi connectivity index (χ0n) is 12.6. The van der Waals surface area contributed by atoms with Crippen molar-refractivity contribution in [3.63, 3.8) is 0 Å². The second kappa shape index (κ2) is 5.80. The van der Waals surface area contributed by atoms with E-state index in [1.165, 1.54) is 0 Å². The maximum absolute atomic E-state index is 11.7. The molecule has 124 valence electrons. The molecule has 1 aliphatic heterocycles. The fourth-order valence-corrected chi connectivity index (χ4v) is 3.56. The molecule has 0 aromatic heterocycles. The van der Waals surface area contributed by atoms with E-state index in [-0.39, 0.29) is 5.54 Å². The van der Waals surface area contributed by atoms with E-state index in [9.17, 15) is 14.7 Å². The molecule has 0 radical (unpaired) electrons. The summed E-state index contributed by atoms with van der Waals surface area (Å²) >= 11 is 0. The van der Waals surface area contributed by atoms with Crippen LogP contribution in [0.5, 0.6) is 0 Å². The fraction of sp³-hybridized carbons (Fsp3) is 0.467. The summed E-state index contributed by atoms with van der Waals surface area (Å²) in [7, 11) is 0. The van der Waals surface area contributed by atoms with Crippen LogP contribution in [-0.2, 0) is 10.3 Å². The summed E-state index contributed by atoms with van der Waals surface area (Å²) in [5.41, 5.74) is 14.2. The molecule has 1 aliphatic carbocycles. The number of nitrogens with two attached hydrogens (primary N) is 1. The van der Waals surface area contributed by atoms with E-state index < -0.39 is 17.7 Å². The molecule has 1 amide bonds. The van der Waals surface area contributed by atoms with Crippen LogP contribution in [-0.4, -0.2) is 29.3 Å². The van der Waals surface area contributed by atoms with Gasteiger partial charge in [-0.3, -0.25) is 4.79 Å². The first-order chi connectivity index (χ1) is 11.0. The molecule has 8 nitrogen and oxygen atoms in total. The molecule has 1 aromatic rings. The molecule has 1 spiro atoms. The lowest BCUT2D eigenvalue weighted by Gasteiger charge is -2.43. The first kappa shape index (κ1) is 15.7. The number of carbonyl (C=O) groups excluding carboxylic acids is 1. The monoisotopic (exact) mass is 320 g/mol. The summed E-state index contributed by atoms with van der Waals surface area (Å²) < 4.78 is 5.30. The number of hydrogen-bond donors (Lipinski definition) is 5. The summed E-state index contributed by atoms with van der Waals surface area (Å²) in [6, 6.07) is 6.79. The van der Waals surface area contributed by atoms with E-state index in [1.54, 1.807) is 24.3 Å². The van der Waals surface area contributed by atoms with Crippen molar-refractivity contribution in [1.29, 1.82) is 0 Å². The number of hydrogen-bond acceptors (Lipinski definition) is 6. The Morgan fingerprint density at radius 3 is 2.43 bits per heavy atom. The van der Waals surface area contributed by atoms with Gasteiger partial charge in [0.15, 0.2) is 0 Å². The van der Waals surface area contributed by atoms with Gasteiger partial charge in [-0.25, -0.2) is 15.6 Å². The van der Waals surface area contributed by atoms with Crippen molar-refractivity contribution in [2.24, 2.45) is 5.73 Å². The largest absolute Gasteiger partial charge is 0.506 e. The van der Waals surface area contributed by atoms with Crippen molar-refractivity contribution in [2.75, 3.05) is 6.54 Å². The van der Waals surface area contributed by atoms with Gasteiger partial charge in [-0.1, -0.05) is 18.2 Å². The minimum Gasteiger partial charge on any atom is -0.450 e. The lowest BCUT2D eigenvalue weighted by Crippen LogP contribution is -2.52. The highest BCUT2D eigenvalue weighted by atomic mass is 16.7. The lowest BCUT2D eigenvalue weighted by molar-refractivity contribution is -0.0594. The van der Waals surface area contributed by atoms with Crippen molar-refractivity contribution in [1.82, 2.24) is 16.4 Å². The molecular weight excluding hydrogens is 300 g/mol. The molecule has 2 fully saturated rings. The third kappa shape index (κ3) is 2.88. The number of benzene rings is 1. The van der Waals surface area contributed by atoms with Crippen LogP contribution < -0.4 is 22.1 Å². The van der Waals surface area contributed by atoms with E-state index in [2.05, 4.69) is 16.4 Å². The maximum Gasteiger partial charge on any atom is 0.506 e. The minimum atomic E-state index is -1.35. The Labute approximate surface area is 133 Å². The Bertz CT molecular complexity index is 618. The van der Waals surface area contributed by atoms with Gasteiger partial charge >= 0.3 is 6.16 Å². The molecule has 1 saturated heterocycles. The number of ether oxygens (including phenoxy) is 1. The number of primary amides is 1. The number of hydrazine groups is 2. The van der Waals surface area contributed by atoms with Crippen LogP contribution in [0.3, 0.4) is 0 Å². The topological polar surface area (TPSA) is 126 Å². The van der Waals surface area contributed by atoms with Crippen LogP contribution in [0.15, 0.2) is 24.3 Å². The van der Waals surface area contributed by atoms with Crippen LogP contribution in [0.2, 0.25) is 0 Å². The number of carbonyl (C=O) groups is 2. The van der Waals surface area contributed by atoms with Gasteiger partial charge in [0.1, 0.15) is 5.60 Å². The molecule has 6 N–H and O–H groups in total. The Kier molecular flexibility index (Phi) is 3.97. The molecule has 1 saturated carbocycles. The lowest BCUT2D eigenvalue weighted by atomic mass is 9.70. The smallest absolute Gasteiger partial charge is 0.450 e. The first-order valence-corrected chi connectivity index (χ1v) is 7.53. The van der Waals surface area contributed by atoms with Gasteiger partial charge in [-0.2, -0.15) is 5.53 Å². The highest BCUT2D eigenvalue weighted by Crippen LogP contribution is 2.45. The normalized spacial score (nSPS) is 30.3. The molecule has 0 atom stereocenters. The zero-order valence-corrected chi connectivity index (χ0v) is 12.6. The highest BCUT2D eigenvalue weighted by Gasteiger charge is 2.48. The Morgan fingerprint density at radius 1 is 1.17 bits per heavy atom. The predicted molar refractivity (Wildman–Crippen MR) is 81.2 cm³/mol. The standard InChI is InChI=1S/C15H20N4O4/c16-12(20)10-3-1-2-4-11(10)15(23-13(21)22)7-5-14(6-8-15)9-17-19-18-14/h1-4,17-19H,5-9H2,(H2,16,20)(H,21,22). The minimum absolute atomic E-state index is 0.132. The summed E-state index contributed by atoms with van der Waals surface area (Å²) in [4.78, 5) is 23.0. The Balaban J connectivity index is 1.96. The summed E-state index contributed by atoms with van der Waals surface area (Å²) in [6.07, 6.45) is 0.997. The van der Waals surface area contributed by atoms with Gasteiger partial charge in [0.05, 0.1) is 0 Å². The van der Waals surface area contributed by atoms with Crippen LogP contribution in [0.25, 0.3) is 0 Å². The van der Waals surface area contributed by atoms with Gasteiger partial charge < -0.3 is 15.6 Å². The average Bonchev–Trinajstić information content (AvgIpc) is 2.98. The van der Waals surface area contributed by atoms with Gasteiger partial charge in [-0.15, -0.1) is 0 Å². The van der Waals surface area contributed by atoms with Crippen molar-refractivity contribution in [2.45, 2.75) is 36.8 Å². The molecule has 2 aliphatic rings. The molecular formula is C15H20N4O4. The fourth-order valence-electron chi connectivity index (χ4n) is 3.56. The van der Waals surface area contributed by atoms with Gasteiger partial charge in [0.25, 0.3) is 0 Å². The van der Waals surface area contributed by atoms with Crippen LogP contribution >= 0.6 is 0 Å². The highest BCUT2D eigenvalue weighted by molar-refractivity contribution is 5.94. The van der Waals surface area contributed by atoms with Gasteiger partial charge in [0.2, 0.25) is 5.91 Å². The van der Waals surface area contributed by atoms with E-state index in [0.717, 1.165) is 6.54 Å². The molecule has 0 unspecified atom stereocenters. The number of amides is 1. The van der Waals surface area contributed by atoms with Crippen LogP contribution in [0, 0.1) is 0 Å². The predicted octanol–water partition coefficient (Wildman–Crippen LogP) is 0.601. The first-order valence-electron chi connectivity index (χ1n) is 7.53. The summed E-state index contributed by atoms with van der Waals surface area (Å²) in [6.45, 7) is 0.744. The third-order valence-corrected chi connectivity index (χ3v) is 4.82. The van der Waals surface area contributed by atoms with Crippen LogP contribution in [0.1, 0.15) is 41.6 Å². The van der Waals surface area contributed by atoms with E-state index in [0.29, 0.717) is 36.8 Å². The van der Waals surface area contributed by atoms with E-state index in [1.807, 2.05) is 0 Å². The molecule has 8 heteroatoms. The van der Waals surface area contributed by atoms with E-state index >= 15 is 0 Å². The molecule has 1 aromatic carbocycles. The Hall–Kier alpha value is -2.16. The van der Waals surface area contributed by atoms with E-state index in [4.69, 9.17) is 10.5 Å². The Morgan fingerprint density at radius 2 is 1.87 bits per heavy atom. The van der Waals surface area contributed by atoms with Gasteiger partial charge in [0, 0.05) is 23.2 Å². The summed E-state index contributed by atoms with van der Waals surface area (Å²) in [5, 5.41) is 9.20. The van der Waals surface area contributed by atoms with Gasteiger partial charge in [-0.05, 0) is 31.7 Å². The molecule has 23 heavy (non-hydrogen) atoms. The van der Waals surface area contributed by atoms with Crippen molar-refractivity contribution in [3.05, 3.63) is 35.4 Å². The van der Waals surface area contributed by atoms with Crippen molar-refractivity contribution in [3.8, 4) is 0 Å². The van der Waals surface area contributed by atoms with Crippen LogP contribution in [0.4, 0.5) is 4.79 Å².